The maximum Gasteiger partial charge on any atom is 0.306 e. The Morgan fingerprint density at radius 1 is 1.38 bits per heavy atom. The molecule has 0 saturated heterocycles. The fourth-order valence-electron chi connectivity index (χ4n) is 1.20. The predicted octanol–water partition coefficient (Wildman–Crippen LogP) is 2.86. The third-order valence-corrected chi connectivity index (χ3v) is 3.14. The topological polar surface area (TPSA) is 43.4 Å². The maximum absolute atomic E-state index is 11.5. The van der Waals surface area contributed by atoms with Gasteiger partial charge < -0.3 is 4.74 Å². The summed E-state index contributed by atoms with van der Waals surface area (Å²) in [5, 5.41) is 0. The third-order valence-electron chi connectivity index (χ3n) is 1.91. The van der Waals surface area contributed by atoms with Gasteiger partial charge in [0.2, 0.25) is 0 Å². The molecule has 16 heavy (non-hydrogen) atoms. The van der Waals surface area contributed by atoms with E-state index in [-0.39, 0.29) is 24.6 Å². The summed E-state index contributed by atoms with van der Waals surface area (Å²) in [4.78, 5) is 23.4. The lowest BCUT2D eigenvalue weighted by Crippen LogP contribution is -2.08. The third kappa shape index (κ3) is 4.77. The largest absolute Gasteiger partial charge is 0.466 e. The molecular weight excluding hydrogens is 248 g/mol. The van der Waals surface area contributed by atoms with Gasteiger partial charge in [0, 0.05) is 17.7 Å². The first-order valence-electron chi connectivity index (χ1n) is 5.03. The summed E-state index contributed by atoms with van der Waals surface area (Å²) < 4.78 is 5.41. The number of Topliss-reactive ketones (excluding diaryl/α,β-unsaturated/α-hetero) is 1. The Morgan fingerprint density at radius 2 is 2.12 bits per heavy atom. The highest BCUT2D eigenvalue weighted by Crippen LogP contribution is 2.22. The van der Waals surface area contributed by atoms with E-state index in [1.165, 1.54) is 11.3 Å². The van der Waals surface area contributed by atoms with Gasteiger partial charge in [0.15, 0.2) is 0 Å². The van der Waals surface area contributed by atoms with Gasteiger partial charge in [0.05, 0.1) is 17.4 Å². The molecule has 5 heteroatoms. The summed E-state index contributed by atoms with van der Waals surface area (Å²) >= 11 is 7.13. The van der Waals surface area contributed by atoms with Crippen molar-refractivity contribution in [2.75, 3.05) is 6.61 Å². The van der Waals surface area contributed by atoms with E-state index in [1.807, 2.05) is 6.07 Å². The summed E-state index contributed by atoms with van der Waals surface area (Å²) in [5.74, 6) is -0.286. The molecule has 0 unspecified atom stereocenters. The van der Waals surface area contributed by atoms with Gasteiger partial charge >= 0.3 is 5.97 Å². The Labute approximate surface area is 103 Å². The fraction of sp³-hybridized carbons (Fsp3) is 0.455. The van der Waals surface area contributed by atoms with Crippen LogP contribution in [0.25, 0.3) is 0 Å². The first-order chi connectivity index (χ1) is 7.61. The van der Waals surface area contributed by atoms with Gasteiger partial charge in [-0.15, -0.1) is 11.3 Å². The summed E-state index contributed by atoms with van der Waals surface area (Å²) in [5.41, 5.74) is 0. The number of ether oxygens (including phenoxy) is 1. The van der Waals surface area contributed by atoms with Crippen LogP contribution >= 0.6 is 22.9 Å². The van der Waals surface area contributed by atoms with Gasteiger partial charge in [-0.1, -0.05) is 11.6 Å². The van der Waals surface area contributed by atoms with E-state index in [0.717, 1.165) is 4.88 Å². The number of carbonyl (C=O) groups excluding carboxylic acids is 2. The van der Waals surface area contributed by atoms with Crippen LogP contribution in [0.1, 0.15) is 24.6 Å². The summed E-state index contributed by atoms with van der Waals surface area (Å²) in [6.45, 7) is 2.10. The highest BCUT2D eigenvalue weighted by Gasteiger charge is 2.09. The van der Waals surface area contributed by atoms with Gasteiger partial charge in [-0.25, -0.2) is 0 Å². The minimum Gasteiger partial charge on any atom is -0.466 e. The van der Waals surface area contributed by atoms with Crippen molar-refractivity contribution in [3.8, 4) is 0 Å². The van der Waals surface area contributed by atoms with Crippen molar-refractivity contribution in [1.82, 2.24) is 0 Å². The van der Waals surface area contributed by atoms with E-state index in [2.05, 4.69) is 0 Å². The van der Waals surface area contributed by atoms with Crippen molar-refractivity contribution in [1.29, 1.82) is 0 Å². The second kappa shape index (κ2) is 6.66. The van der Waals surface area contributed by atoms with Crippen LogP contribution in [0.3, 0.4) is 0 Å². The van der Waals surface area contributed by atoms with Crippen LogP contribution in [0.2, 0.25) is 4.34 Å². The standard InChI is InChI=1S/C11H13ClO3S/c1-2-15-11(14)6-3-8(13)7-9-4-5-10(12)16-9/h4-5H,2-3,6-7H2,1H3. The molecule has 1 aromatic heterocycles. The molecule has 0 saturated carbocycles. The smallest absolute Gasteiger partial charge is 0.306 e. The lowest BCUT2D eigenvalue weighted by molar-refractivity contribution is -0.144. The number of thiophene rings is 1. The van der Waals surface area contributed by atoms with Crippen molar-refractivity contribution in [2.45, 2.75) is 26.2 Å². The van der Waals surface area contributed by atoms with E-state index in [9.17, 15) is 9.59 Å². The van der Waals surface area contributed by atoms with Gasteiger partial charge in [-0.2, -0.15) is 0 Å². The van der Waals surface area contributed by atoms with Crippen LogP contribution in [-0.2, 0) is 20.7 Å². The minimum absolute atomic E-state index is 0.0339. The summed E-state index contributed by atoms with van der Waals surface area (Å²) in [6, 6.07) is 3.59. The lowest BCUT2D eigenvalue weighted by atomic mass is 10.1. The van der Waals surface area contributed by atoms with Gasteiger partial charge in [-0.05, 0) is 19.1 Å². The number of halogens is 1. The molecule has 1 aromatic rings. The van der Waals surface area contributed by atoms with E-state index < -0.39 is 0 Å². The number of ketones is 1. The molecule has 0 radical (unpaired) electrons. The molecule has 0 amide bonds. The normalized spacial score (nSPS) is 10.1. The molecule has 0 bridgehead atoms. The maximum atomic E-state index is 11.5. The Morgan fingerprint density at radius 3 is 2.69 bits per heavy atom. The predicted molar refractivity (Wildman–Crippen MR) is 63.9 cm³/mol. The number of rotatable bonds is 6. The van der Waals surface area contributed by atoms with Crippen molar-refractivity contribution < 1.29 is 14.3 Å². The van der Waals surface area contributed by atoms with E-state index in [0.29, 0.717) is 17.4 Å². The van der Waals surface area contributed by atoms with Gasteiger partial charge in [0.25, 0.3) is 0 Å². The van der Waals surface area contributed by atoms with Crippen molar-refractivity contribution in [3.05, 3.63) is 21.3 Å². The molecule has 0 aliphatic carbocycles. The average Bonchev–Trinajstić information content (AvgIpc) is 2.61. The molecule has 88 valence electrons. The van der Waals surface area contributed by atoms with Crippen molar-refractivity contribution >= 4 is 34.7 Å². The Balaban J connectivity index is 2.28. The number of hydrogen-bond donors (Lipinski definition) is 0. The molecule has 0 spiro atoms. The van der Waals surface area contributed by atoms with E-state index in [1.54, 1.807) is 13.0 Å². The van der Waals surface area contributed by atoms with Crippen LogP contribution in [0, 0.1) is 0 Å². The second-order valence-electron chi connectivity index (χ2n) is 3.23. The minimum atomic E-state index is -0.319. The van der Waals surface area contributed by atoms with Crippen LogP contribution in [0.15, 0.2) is 12.1 Å². The average molecular weight is 261 g/mol. The van der Waals surface area contributed by atoms with Crippen LogP contribution in [-0.4, -0.2) is 18.4 Å². The highest BCUT2D eigenvalue weighted by molar-refractivity contribution is 7.16. The summed E-state index contributed by atoms with van der Waals surface area (Å²) in [7, 11) is 0. The second-order valence-corrected chi connectivity index (χ2v) is 5.03. The first kappa shape index (κ1) is 13.2. The molecule has 0 aromatic carbocycles. The zero-order chi connectivity index (χ0) is 12.0. The molecule has 0 fully saturated rings. The monoisotopic (exact) mass is 260 g/mol. The fourth-order valence-corrected chi connectivity index (χ4v) is 2.32. The quantitative estimate of drug-likeness (QED) is 0.739. The van der Waals surface area contributed by atoms with E-state index >= 15 is 0 Å². The molecule has 0 aliphatic rings. The Kier molecular flexibility index (Phi) is 5.49. The van der Waals surface area contributed by atoms with Gasteiger partial charge in [0.1, 0.15) is 5.78 Å². The number of carbonyl (C=O) groups is 2. The zero-order valence-corrected chi connectivity index (χ0v) is 10.6. The molecular formula is C11H13ClO3S. The molecule has 1 rings (SSSR count). The highest BCUT2D eigenvalue weighted by atomic mass is 35.5. The summed E-state index contributed by atoms with van der Waals surface area (Å²) in [6.07, 6.45) is 0.733. The Hall–Kier alpha value is -0.870. The zero-order valence-electron chi connectivity index (χ0n) is 8.99. The van der Waals surface area contributed by atoms with Crippen molar-refractivity contribution in [3.63, 3.8) is 0 Å². The van der Waals surface area contributed by atoms with Crippen molar-refractivity contribution in [2.24, 2.45) is 0 Å². The van der Waals surface area contributed by atoms with E-state index in [4.69, 9.17) is 16.3 Å². The molecule has 0 aliphatic heterocycles. The van der Waals surface area contributed by atoms with Crippen LogP contribution in [0.4, 0.5) is 0 Å². The number of hydrogen-bond acceptors (Lipinski definition) is 4. The van der Waals surface area contributed by atoms with Crippen LogP contribution in [0.5, 0.6) is 0 Å². The molecule has 0 atom stereocenters. The molecule has 0 N–H and O–H groups in total. The Bertz CT molecular complexity index is 373. The molecule has 1 heterocycles. The lowest BCUT2D eigenvalue weighted by Gasteiger charge is -2.00. The molecule has 3 nitrogen and oxygen atoms in total. The number of esters is 1. The SMILES string of the molecule is CCOC(=O)CCC(=O)Cc1ccc(Cl)s1. The first-order valence-corrected chi connectivity index (χ1v) is 6.22. The van der Waals surface area contributed by atoms with Crippen LogP contribution < -0.4 is 0 Å². The van der Waals surface area contributed by atoms with Gasteiger partial charge in [-0.3, -0.25) is 9.59 Å².